The summed E-state index contributed by atoms with van der Waals surface area (Å²) in [7, 11) is 0. The van der Waals surface area contributed by atoms with Crippen LogP contribution in [-0.4, -0.2) is 0 Å². The van der Waals surface area contributed by atoms with Gasteiger partial charge in [-0.3, -0.25) is 0 Å². The summed E-state index contributed by atoms with van der Waals surface area (Å²) in [6.07, 6.45) is 2.75. The van der Waals surface area contributed by atoms with Crippen LogP contribution in [0, 0.1) is 22.7 Å². The standard InChI is InChI=1S/C17H12BrN3/c18-11-6-4-10(5-7-11)16-13-3-1-2-12(13)14(8-19)17(21)15(16)9-20/h4-7H,1-3,21H2. The van der Waals surface area contributed by atoms with Crippen LogP contribution >= 0.6 is 15.9 Å². The number of nitrogens with zero attached hydrogens (tertiary/aromatic N) is 2. The Morgan fingerprint density at radius 1 is 0.952 bits per heavy atom. The first-order valence-electron chi connectivity index (χ1n) is 6.70. The molecule has 0 amide bonds. The zero-order chi connectivity index (χ0) is 15.0. The molecule has 0 aliphatic heterocycles. The van der Waals surface area contributed by atoms with E-state index in [9.17, 15) is 10.5 Å². The highest BCUT2D eigenvalue weighted by molar-refractivity contribution is 9.10. The van der Waals surface area contributed by atoms with E-state index in [1.807, 2.05) is 24.3 Å². The van der Waals surface area contributed by atoms with Gasteiger partial charge in [-0.1, -0.05) is 28.1 Å². The third-order valence-corrected chi connectivity index (χ3v) is 4.50. The van der Waals surface area contributed by atoms with Crippen LogP contribution in [0.1, 0.15) is 28.7 Å². The van der Waals surface area contributed by atoms with Crippen molar-refractivity contribution < 1.29 is 0 Å². The van der Waals surface area contributed by atoms with Crippen molar-refractivity contribution in [2.24, 2.45) is 0 Å². The van der Waals surface area contributed by atoms with Crippen LogP contribution in [0.5, 0.6) is 0 Å². The molecule has 0 heterocycles. The number of rotatable bonds is 1. The van der Waals surface area contributed by atoms with Crippen molar-refractivity contribution in [2.45, 2.75) is 19.3 Å². The van der Waals surface area contributed by atoms with Gasteiger partial charge in [0.1, 0.15) is 12.1 Å². The van der Waals surface area contributed by atoms with Crippen molar-refractivity contribution in [1.82, 2.24) is 0 Å². The average molecular weight is 338 g/mol. The maximum Gasteiger partial charge on any atom is 0.102 e. The average Bonchev–Trinajstić information content (AvgIpc) is 2.96. The number of fused-ring (bicyclic) bond motifs is 1. The number of nitrogen functional groups attached to an aromatic ring is 1. The maximum absolute atomic E-state index is 9.52. The Morgan fingerprint density at radius 2 is 1.57 bits per heavy atom. The second-order valence-electron chi connectivity index (χ2n) is 5.08. The summed E-state index contributed by atoms with van der Waals surface area (Å²) in [6, 6.07) is 12.2. The highest BCUT2D eigenvalue weighted by Gasteiger charge is 2.26. The second kappa shape index (κ2) is 5.24. The molecular weight excluding hydrogens is 326 g/mol. The molecule has 3 nitrogen and oxygen atoms in total. The van der Waals surface area contributed by atoms with Gasteiger partial charge >= 0.3 is 0 Å². The molecule has 0 saturated carbocycles. The van der Waals surface area contributed by atoms with Crippen LogP contribution in [0.4, 0.5) is 5.69 Å². The molecule has 2 aromatic rings. The molecule has 0 radical (unpaired) electrons. The van der Waals surface area contributed by atoms with Gasteiger partial charge in [-0.05, 0) is 48.1 Å². The highest BCUT2D eigenvalue weighted by Crippen LogP contribution is 2.41. The molecule has 1 aliphatic rings. The fourth-order valence-corrected chi connectivity index (χ4v) is 3.31. The largest absolute Gasteiger partial charge is 0.397 e. The van der Waals surface area contributed by atoms with Gasteiger partial charge in [0, 0.05) is 10.0 Å². The van der Waals surface area contributed by atoms with Crippen molar-refractivity contribution in [3.8, 4) is 23.3 Å². The third-order valence-electron chi connectivity index (χ3n) is 3.97. The van der Waals surface area contributed by atoms with Gasteiger partial charge in [-0.2, -0.15) is 10.5 Å². The molecular formula is C17H12BrN3. The van der Waals surface area contributed by atoms with Crippen molar-refractivity contribution in [3.63, 3.8) is 0 Å². The van der Waals surface area contributed by atoms with Crippen molar-refractivity contribution in [3.05, 3.63) is 51.0 Å². The number of hydrogen-bond donors (Lipinski definition) is 1. The SMILES string of the molecule is N#Cc1c(N)c(C#N)c(-c2ccc(Br)cc2)c2c1CCC2. The highest BCUT2D eigenvalue weighted by atomic mass is 79.9. The fraction of sp³-hybridized carbons (Fsp3) is 0.176. The molecule has 4 heteroatoms. The van der Waals surface area contributed by atoms with Crippen LogP contribution in [0.15, 0.2) is 28.7 Å². The molecule has 2 N–H and O–H groups in total. The van der Waals surface area contributed by atoms with Gasteiger partial charge < -0.3 is 5.73 Å². The molecule has 1 aliphatic carbocycles. The Labute approximate surface area is 131 Å². The first-order valence-corrected chi connectivity index (χ1v) is 7.50. The molecule has 21 heavy (non-hydrogen) atoms. The summed E-state index contributed by atoms with van der Waals surface area (Å²) in [6.45, 7) is 0. The van der Waals surface area contributed by atoms with E-state index in [2.05, 4.69) is 28.1 Å². The van der Waals surface area contributed by atoms with Crippen molar-refractivity contribution in [2.75, 3.05) is 5.73 Å². The van der Waals surface area contributed by atoms with E-state index in [1.54, 1.807) is 0 Å². The lowest BCUT2D eigenvalue weighted by molar-refractivity contribution is 0.911. The minimum absolute atomic E-state index is 0.318. The monoisotopic (exact) mass is 337 g/mol. The van der Waals surface area contributed by atoms with E-state index in [-0.39, 0.29) is 0 Å². The lowest BCUT2D eigenvalue weighted by atomic mass is 9.88. The number of nitriles is 2. The van der Waals surface area contributed by atoms with E-state index in [4.69, 9.17) is 5.73 Å². The Bertz CT molecular complexity index is 804. The number of benzene rings is 2. The Kier molecular flexibility index (Phi) is 3.41. The summed E-state index contributed by atoms with van der Waals surface area (Å²) < 4.78 is 0.989. The van der Waals surface area contributed by atoms with Crippen molar-refractivity contribution >= 4 is 21.6 Å². The van der Waals surface area contributed by atoms with E-state index in [0.717, 1.165) is 46.0 Å². The summed E-state index contributed by atoms with van der Waals surface area (Å²) in [5.74, 6) is 0. The number of hydrogen-bond acceptors (Lipinski definition) is 3. The van der Waals surface area contributed by atoms with Crippen molar-refractivity contribution in [1.29, 1.82) is 10.5 Å². The molecule has 0 bridgehead atoms. The van der Waals surface area contributed by atoms with Gasteiger partial charge in [0.15, 0.2) is 0 Å². The molecule has 3 rings (SSSR count). The maximum atomic E-state index is 9.52. The molecule has 0 saturated heterocycles. The van der Waals surface area contributed by atoms with Crippen LogP contribution in [0.2, 0.25) is 0 Å². The van der Waals surface area contributed by atoms with Crippen LogP contribution < -0.4 is 5.73 Å². The van der Waals surface area contributed by atoms with E-state index < -0.39 is 0 Å². The lowest BCUT2D eigenvalue weighted by Crippen LogP contribution is -2.04. The van der Waals surface area contributed by atoms with Gasteiger partial charge in [0.25, 0.3) is 0 Å². The molecule has 0 fully saturated rings. The first kappa shape index (κ1) is 13.7. The normalized spacial score (nSPS) is 12.5. The number of halogens is 1. The minimum Gasteiger partial charge on any atom is -0.397 e. The van der Waals surface area contributed by atoms with E-state index in [1.165, 1.54) is 0 Å². The van der Waals surface area contributed by atoms with Crippen LogP contribution in [0.3, 0.4) is 0 Å². The van der Waals surface area contributed by atoms with Gasteiger partial charge in [-0.15, -0.1) is 0 Å². The second-order valence-corrected chi connectivity index (χ2v) is 6.00. The molecule has 102 valence electrons. The van der Waals surface area contributed by atoms with Gasteiger partial charge in [-0.25, -0.2) is 0 Å². The zero-order valence-electron chi connectivity index (χ0n) is 11.3. The van der Waals surface area contributed by atoms with Crippen LogP contribution in [-0.2, 0) is 12.8 Å². The van der Waals surface area contributed by atoms with Gasteiger partial charge in [0.05, 0.1) is 16.8 Å². The van der Waals surface area contributed by atoms with Crippen LogP contribution in [0.25, 0.3) is 11.1 Å². The van der Waals surface area contributed by atoms with E-state index in [0.29, 0.717) is 16.8 Å². The Morgan fingerprint density at radius 3 is 2.19 bits per heavy atom. The summed E-state index contributed by atoms with van der Waals surface area (Å²) in [5.41, 5.74) is 11.3. The molecule has 0 atom stereocenters. The predicted molar refractivity (Wildman–Crippen MR) is 85.4 cm³/mol. The summed E-state index contributed by atoms with van der Waals surface area (Å²) in [5, 5.41) is 18.9. The summed E-state index contributed by atoms with van der Waals surface area (Å²) >= 11 is 3.42. The van der Waals surface area contributed by atoms with E-state index >= 15 is 0 Å². The smallest absolute Gasteiger partial charge is 0.102 e. The fourth-order valence-electron chi connectivity index (χ4n) is 3.05. The first-order chi connectivity index (χ1) is 10.2. The third kappa shape index (κ3) is 2.09. The topological polar surface area (TPSA) is 73.6 Å². The minimum atomic E-state index is 0.318. The zero-order valence-corrected chi connectivity index (χ0v) is 12.9. The number of nitrogens with two attached hydrogens (primary N) is 1. The predicted octanol–water partition coefficient (Wildman–Crippen LogP) is 3.93. The lowest BCUT2D eigenvalue weighted by Gasteiger charge is -2.15. The Balaban J connectivity index is 2.38. The quantitative estimate of drug-likeness (QED) is 0.801. The molecule has 0 aromatic heterocycles. The molecule has 0 unspecified atom stereocenters. The Hall–Kier alpha value is -2.30. The van der Waals surface area contributed by atoms with Gasteiger partial charge in [0.2, 0.25) is 0 Å². The summed E-state index contributed by atoms with van der Waals surface area (Å²) in [4.78, 5) is 0. The molecule has 0 spiro atoms. The number of anilines is 1. The molecule has 2 aromatic carbocycles.